The minimum absolute atomic E-state index is 0.258. The Balaban J connectivity index is 2.59. The third-order valence-corrected chi connectivity index (χ3v) is 5.43. The van der Waals surface area contributed by atoms with E-state index in [4.69, 9.17) is 8.92 Å². The van der Waals surface area contributed by atoms with Crippen LogP contribution in [0.3, 0.4) is 0 Å². The maximum Gasteiger partial charge on any atom is 0.330 e. The predicted octanol–water partition coefficient (Wildman–Crippen LogP) is 0.914. The van der Waals surface area contributed by atoms with Gasteiger partial charge in [-0.15, -0.1) is 0 Å². The maximum atomic E-state index is 12.2. The second-order valence-corrected chi connectivity index (χ2v) is 7.91. The molecular formula is C15H24N2O6S. The van der Waals surface area contributed by atoms with Crippen LogP contribution in [0.15, 0.2) is 15.8 Å². The molecular weight excluding hydrogens is 336 g/mol. The summed E-state index contributed by atoms with van der Waals surface area (Å²) >= 11 is 0. The topological polar surface area (TPSA) is 107 Å². The van der Waals surface area contributed by atoms with Crippen LogP contribution in [0.5, 0.6) is 0 Å². The molecule has 24 heavy (non-hydrogen) atoms. The second-order valence-electron chi connectivity index (χ2n) is 6.31. The Bertz CT molecular complexity index is 821. The molecule has 1 aromatic rings. The molecule has 0 bridgehead atoms. The number of rotatable bonds is 5. The van der Waals surface area contributed by atoms with Crippen LogP contribution in [-0.4, -0.2) is 35.9 Å². The minimum Gasteiger partial charge on any atom is -0.348 e. The van der Waals surface area contributed by atoms with E-state index >= 15 is 0 Å². The summed E-state index contributed by atoms with van der Waals surface area (Å²) in [4.78, 5) is 26.0. The fourth-order valence-electron chi connectivity index (χ4n) is 3.34. The first-order valence-electron chi connectivity index (χ1n) is 7.92. The van der Waals surface area contributed by atoms with Crippen LogP contribution in [0.1, 0.15) is 45.4 Å². The zero-order valence-electron chi connectivity index (χ0n) is 14.5. The fraction of sp³-hybridized carbons (Fsp3) is 0.733. The van der Waals surface area contributed by atoms with E-state index in [0.29, 0.717) is 18.4 Å². The van der Waals surface area contributed by atoms with Crippen molar-refractivity contribution in [1.82, 2.24) is 9.55 Å². The predicted molar refractivity (Wildman–Crippen MR) is 88.4 cm³/mol. The van der Waals surface area contributed by atoms with Crippen LogP contribution in [0, 0.1) is 12.8 Å². The zero-order valence-corrected chi connectivity index (χ0v) is 15.3. The summed E-state index contributed by atoms with van der Waals surface area (Å²) in [5, 5.41) is 0. The summed E-state index contributed by atoms with van der Waals surface area (Å²) in [6, 6.07) is 0. The van der Waals surface area contributed by atoms with Gasteiger partial charge < -0.3 is 4.74 Å². The van der Waals surface area contributed by atoms with Gasteiger partial charge in [0, 0.05) is 17.7 Å². The lowest BCUT2D eigenvalue weighted by Crippen LogP contribution is -2.38. The molecule has 0 saturated carbocycles. The van der Waals surface area contributed by atoms with E-state index in [1.54, 1.807) is 6.92 Å². The Morgan fingerprint density at radius 1 is 1.33 bits per heavy atom. The summed E-state index contributed by atoms with van der Waals surface area (Å²) in [6.45, 7) is 7.31. The molecule has 0 aliphatic carbocycles. The van der Waals surface area contributed by atoms with Crippen LogP contribution in [-0.2, 0) is 19.0 Å². The molecule has 9 heteroatoms. The molecule has 1 N–H and O–H groups in total. The average molecular weight is 360 g/mol. The van der Waals surface area contributed by atoms with Crippen molar-refractivity contribution in [1.29, 1.82) is 0 Å². The van der Waals surface area contributed by atoms with Gasteiger partial charge in [0.2, 0.25) is 0 Å². The highest BCUT2D eigenvalue weighted by Crippen LogP contribution is 2.46. The van der Waals surface area contributed by atoms with E-state index in [1.807, 2.05) is 20.8 Å². The summed E-state index contributed by atoms with van der Waals surface area (Å²) in [7, 11) is -3.75. The van der Waals surface area contributed by atoms with Gasteiger partial charge in [0.1, 0.15) is 6.10 Å². The molecule has 0 radical (unpaired) electrons. The molecule has 136 valence electrons. The molecule has 1 aliphatic heterocycles. The van der Waals surface area contributed by atoms with E-state index in [9.17, 15) is 18.0 Å². The van der Waals surface area contributed by atoms with E-state index < -0.39 is 39.3 Å². The summed E-state index contributed by atoms with van der Waals surface area (Å²) in [5.41, 5.74) is -1.42. The second kappa shape index (κ2) is 6.45. The fourth-order valence-corrected chi connectivity index (χ4v) is 4.01. The molecule has 2 heterocycles. The van der Waals surface area contributed by atoms with Crippen LogP contribution in [0.2, 0.25) is 0 Å². The number of ether oxygens (including phenoxy) is 1. The van der Waals surface area contributed by atoms with Gasteiger partial charge in [0.05, 0.1) is 11.9 Å². The minimum atomic E-state index is -3.75. The average Bonchev–Trinajstić information content (AvgIpc) is 2.75. The van der Waals surface area contributed by atoms with E-state index in [-0.39, 0.29) is 5.92 Å². The Labute approximate surface area is 140 Å². The van der Waals surface area contributed by atoms with Crippen molar-refractivity contribution in [2.24, 2.45) is 5.92 Å². The molecule has 1 saturated heterocycles. The van der Waals surface area contributed by atoms with Gasteiger partial charge in [-0.2, -0.15) is 8.42 Å². The standard InChI is InChI=1S/C15H24N2O6S/c1-6-15(7-2)10(4)11(23-24(5,20)21)13(22-15)17-8-9(3)12(18)16-14(17)19/h8,10-11,13H,6-7H2,1-5H3,(H,16,18,19)/t10-,11-,13+/m0/s1. The number of aryl methyl sites for hydroxylation is 1. The van der Waals surface area contributed by atoms with Crippen molar-refractivity contribution >= 4 is 10.1 Å². The van der Waals surface area contributed by atoms with Gasteiger partial charge in [-0.25, -0.2) is 4.79 Å². The number of aromatic amines is 1. The summed E-state index contributed by atoms with van der Waals surface area (Å²) in [6.07, 6.45) is 1.83. The molecule has 0 amide bonds. The van der Waals surface area contributed by atoms with Gasteiger partial charge in [0.15, 0.2) is 6.23 Å². The molecule has 0 aromatic carbocycles. The molecule has 1 fully saturated rings. The number of H-pyrrole nitrogens is 1. The van der Waals surface area contributed by atoms with Crippen molar-refractivity contribution in [3.05, 3.63) is 32.6 Å². The highest BCUT2D eigenvalue weighted by molar-refractivity contribution is 7.86. The number of nitrogens with one attached hydrogen (secondary N) is 1. The Kier molecular flexibility index (Phi) is 5.08. The normalized spacial score (nSPS) is 26.6. The lowest BCUT2D eigenvalue weighted by Gasteiger charge is -2.30. The monoisotopic (exact) mass is 360 g/mol. The van der Waals surface area contributed by atoms with Crippen LogP contribution in [0.25, 0.3) is 0 Å². The smallest absolute Gasteiger partial charge is 0.330 e. The number of hydrogen-bond acceptors (Lipinski definition) is 6. The molecule has 0 spiro atoms. The zero-order chi connectivity index (χ0) is 18.3. The molecule has 0 unspecified atom stereocenters. The third kappa shape index (κ3) is 3.33. The molecule has 2 rings (SSSR count). The summed E-state index contributed by atoms with van der Waals surface area (Å²) in [5.74, 6) is -0.258. The Morgan fingerprint density at radius 2 is 1.92 bits per heavy atom. The van der Waals surface area contributed by atoms with Crippen LogP contribution in [0.4, 0.5) is 0 Å². The Morgan fingerprint density at radius 3 is 2.42 bits per heavy atom. The lowest BCUT2D eigenvalue weighted by molar-refractivity contribution is -0.0960. The van der Waals surface area contributed by atoms with E-state index in [1.165, 1.54) is 10.8 Å². The Hall–Kier alpha value is -1.45. The van der Waals surface area contributed by atoms with Crippen molar-refractivity contribution in [2.75, 3.05) is 6.26 Å². The van der Waals surface area contributed by atoms with Gasteiger partial charge >= 0.3 is 5.69 Å². The number of hydrogen-bond donors (Lipinski definition) is 1. The first kappa shape index (κ1) is 18.9. The van der Waals surface area contributed by atoms with Crippen molar-refractivity contribution < 1.29 is 17.3 Å². The molecule has 1 aliphatic rings. The van der Waals surface area contributed by atoms with Crippen molar-refractivity contribution in [3.63, 3.8) is 0 Å². The summed E-state index contributed by atoms with van der Waals surface area (Å²) < 4.78 is 36.0. The number of aromatic nitrogens is 2. The van der Waals surface area contributed by atoms with Gasteiger partial charge in [0.25, 0.3) is 15.7 Å². The van der Waals surface area contributed by atoms with E-state index in [0.717, 1.165) is 6.26 Å². The highest BCUT2D eigenvalue weighted by atomic mass is 32.2. The third-order valence-electron chi connectivity index (χ3n) is 4.86. The molecule has 3 atom stereocenters. The first-order valence-corrected chi connectivity index (χ1v) is 9.74. The van der Waals surface area contributed by atoms with Crippen molar-refractivity contribution in [3.8, 4) is 0 Å². The number of nitrogens with zero attached hydrogens (tertiary/aromatic N) is 1. The van der Waals surface area contributed by atoms with E-state index in [2.05, 4.69) is 4.98 Å². The highest BCUT2D eigenvalue weighted by Gasteiger charge is 2.53. The first-order chi connectivity index (χ1) is 11.0. The van der Waals surface area contributed by atoms with Crippen LogP contribution >= 0.6 is 0 Å². The maximum absolute atomic E-state index is 12.2. The van der Waals surface area contributed by atoms with Crippen LogP contribution < -0.4 is 11.2 Å². The quantitative estimate of drug-likeness (QED) is 0.782. The van der Waals surface area contributed by atoms with Gasteiger partial charge in [-0.1, -0.05) is 20.8 Å². The lowest BCUT2D eigenvalue weighted by atomic mass is 9.83. The SMILES string of the molecule is CCC1(CC)O[C@@H](n2cc(C)c(=O)[nH]c2=O)[C@@H](OS(C)(=O)=O)[C@@H]1C. The molecule has 8 nitrogen and oxygen atoms in total. The van der Waals surface area contributed by atoms with Gasteiger partial charge in [-0.05, 0) is 19.8 Å². The van der Waals surface area contributed by atoms with Crippen molar-refractivity contribution in [2.45, 2.75) is 58.5 Å². The van der Waals surface area contributed by atoms with Gasteiger partial charge in [-0.3, -0.25) is 18.5 Å². The molecule has 1 aromatic heterocycles. The largest absolute Gasteiger partial charge is 0.348 e.